The summed E-state index contributed by atoms with van der Waals surface area (Å²) < 4.78 is 0.754. The molecule has 2 N–H and O–H groups in total. The van der Waals surface area contributed by atoms with E-state index in [0.717, 1.165) is 26.5 Å². The number of nitrogens with zero attached hydrogens (tertiary/aromatic N) is 2. The summed E-state index contributed by atoms with van der Waals surface area (Å²) in [5.41, 5.74) is 3.09. The number of benzene rings is 3. The van der Waals surface area contributed by atoms with Crippen LogP contribution in [0.25, 0.3) is 10.8 Å². The summed E-state index contributed by atoms with van der Waals surface area (Å²) >= 11 is 2.82. The van der Waals surface area contributed by atoms with Crippen LogP contribution in [0.3, 0.4) is 0 Å². The Labute approximate surface area is 183 Å². The summed E-state index contributed by atoms with van der Waals surface area (Å²) in [5.74, 6) is 0.718. The molecule has 4 aromatic rings. The van der Waals surface area contributed by atoms with Crippen LogP contribution in [-0.2, 0) is 4.79 Å². The first-order chi connectivity index (χ1) is 14.6. The van der Waals surface area contributed by atoms with Gasteiger partial charge in [0.2, 0.25) is 11.0 Å². The number of thioether (sulfide) groups is 1. The fraction of sp³-hybridized carbons (Fsp3) is 0.174. The highest BCUT2D eigenvalue weighted by atomic mass is 32.2. The first-order valence-corrected chi connectivity index (χ1v) is 11.5. The lowest BCUT2D eigenvalue weighted by Crippen LogP contribution is -2.14. The largest absolute Gasteiger partial charge is 0.330 e. The number of carbonyl (C=O) groups is 1. The normalized spacial score (nSPS) is 11.0. The molecule has 0 aliphatic heterocycles. The van der Waals surface area contributed by atoms with Gasteiger partial charge in [-0.05, 0) is 35.1 Å². The van der Waals surface area contributed by atoms with Crippen LogP contribution >= 0.6 is 23.1 Å². The molecule has 7 heteroatoms. The van der Waals surface area contributed by atoms with E-state index in [1.807, 2.05) is 54.6 Å². The van der Waals surface area contributed by atoms with Crippen molar-refractivity contribution in [2.45, 2.75) is 24.1 Å². The number of nitrogens with one attached hydrogen (secondary N) is 2. The topological polar surface area (TPSA) is 66.9 Å². The molecule has 30 heavy (non-hydrogen) atoms. The molecule has 0 radical (unpaired) electrons. The molecule has 1 heterocycles. The molecular formula is C23H22N4OS2. The predicted octanol–water partition coefficient (Wildman–Crippen LogP) is 6.29. The molecule has 0 saturated heterocycles. The molecule has 1 aromatic heterocycles. The Balaban J connectivity index is 1.33. The van der Waals surface area contributed by atoms with E-state index in [2.05, 4.69) is 46.8 Å². The molecule has 0 aliphatic rings. The van der Waals surface area contributed by atoms with E-state index >= 15 is 0 Å². The summed E-state index contributed by atoms with van der Waals surface area (Å²) in [4.78, 5) is 12.4. The van der Waals surface area contributed by atoms with Gasteiger partial charge >= 0.3 is 0 Å². The van der Waals surface area contributed by atoms with E-state index in [1.54, 1.807) is 0 Å². The summed E-state index contributed by atoms with van der Waals surface area (Å²) in [6, 6.07) is 22.2. The highest BCUT2D eigenvalue weighted by Gasteiger charge is 2.10. The molecule has 0 saturated carbocycles. The number of carbonyl (C=O) groups excluding carboxylic acids is 1. The Morgan fingerprint density at radius 3 is 2.57 bits per heavy atom. The van der Waals surface area contributed by atoms with Crippen molar-refractivity contribution in [1.29, 1.82) is 0 Å². The molecule has 0 fully saturated rings. The van der Waals surface area contributed by atoms with Crippen molar-refractivity contribution >= 4 is 56.3 Å². The van der Waals surface area contributed by atoms with Crippen molar-refractivity contribution in [3.8, 4) is 0 Å². The highest BCUT2D eigenvalue weighted by molar-refractivity contribution is 8.01. The SMILES string of the molecule is CC(C)c1ccc(Nc2nnc(SCC(=O)Nc3cccc4ccccc34)s2)cc1. The van der Waals surface area contributed by atoms with Crippen molar-refractivity contribution in [3.05, 3.63) is 72.3 Å². The van der Waals surface area contributed by atoms with Crippen LogP contribution in [0.2, 0.25) is 0 Å². The second-order valence-electron chi connectivity index (χ2n) is 7.14. The van der Waals surface area contributed by atoms with E-state index in [0.29, 0.717) is 11.0 Å². The number of amides is 1. The zero-order chi connectivity index (χ0) is 20.9. The van der Waals surface area contributed by atoms with Crippen molar-refractivity contribution in [1.82, 2.24) is 10.2 Å². The lowest BCUT2D eigenvalue weighted by molar-refractivity contribution is -0.113. The zero-order valence-corrected chi connectivity index (χ0v) is 18.4. The maximum atomic E-state index is 12.4. The van der Waals surface area contributed by atoms with Crippen LogP contribution in [0.1, 0.15) is 25.3 Å². The van der Waals surface area contributed by atoms with Crippen LogP contribution < -0.4 is 10.6 Å². The number of anilines is 3. The molecule has 3 aromatic carbocycles. The fourth-order valence-electron chi connectivity index (χ4n) is 3.04. The number of hydrogen-bond donors (Lipinski definition) is 2. The van der Waals surface area contributed by atoms with Gasteiger partial charge in [-0.2, -0.15) is 0 Å². The van der Waals surface area contributed by atoms with Gasteiger partial charge in [-0.25, -0.2) is 0 Å². The minimum atomic E-state index is -0.0645. The number of aromatic nitrogens is 2. The van der Waals surface area contributed by atoms with Gasteiger partial charge in [-0.1, -0.05) is 85.5 Å². The van der Waals surface area contributed by atoms with Crippen LogP contribution in [-0.4, -0.2) is 21.9 Å². The van der Waals surface area contributed by atoms with Crippen molar-refractivity contribution in [2.75, 3.05) is 16.4 Å². The summed E-state index contributed by atoms with van der Waals surface area (Å²) in [6.07, 6.45) is 0. The molecule has 0 bridgehead atoms. The van der Waals surface area contributed by atoms with E-state index in [1.165, 1.54) is 28.7 Å². The van der Waals surface area contributed by atoms with Crippen molar-refractivity contribution in [3.63, 3.8) is 0 Å². The Kier molecular flexibility index (Phi) is 6.30. The number of rotatable bonds is 7. The Morgan fingerprint density at radius 2 is 1.77 bits per heavy atom. The predicted molar refractivity (Wildman–Crippen MR) is 127 cm³/mol. The number of fused-ring (bicyclic) bond motifs is 1. The Hall–Kier alpha value is -2.90. The first-order valence-electron chi connectivity index (χ1n) is 9.69. The van der Waals surface area contributed by atoms with Crippen molar-refractivity contribution in [2.24, 2.45) is 0 Å². The third-order valence-electron chi connectivity index (χ3n) is 4.63. The quantitative estimate of drug-likeness (QED) is 0.335. The van der Waals surface area contributed by atoms with Gasteiger partial charge in [0.1, 0.15) is 0 Å². The second-order valence-corrected chi connectivity index (χ2v) is 9.34. The van der Waals surface area contributed by atoms with Gasteiger partial charge in [0.15, 0.2) is 4.34 Å². The van der Waals surface area contributed by atoms with Gasteiger partial charge < -0.3 is 10.6 Å². The molecule has 0 aliphatic carbocycles. The molecule has 0 atom stereocenters. The van der Waals surface area contributed by atoms with E-state index < -0.39 is 0 Å². The fourth-order valence-corrected chi connectivity index (χ4v) is 4.61. The molecule has 1 amide bonds. The van der Waals surface area contributed by atoms with E-state index in [9.17, 15) is 4.79 Å². The van der Waals surface area contributed by atoms with Crippen LogP contribution in [0.15, 0.2) is 71.1 Å². The maximum Gasteiger partial charge on any atom is 0.234 e. The molecule has 5 nitrogen and oxygen atoms in total. The van der Waals surface area contributed by atoms with Gasteiger partial charge in [0.25, 0.3) is 0 Å². The van der Waals surface area contributed by atoms with Crippen LogP contribution in [0.4, 0.5) is 16.5 Å². The summed E-state index contributed by atoms with van der Waals surface area (Å²) in [7, 11) is 0. The minimum absolute atomic E-state index is 0.0645. The highest BCUT2D eigenvalue weighted by Crippen LogP contribution is 2.29. The van der Waals surface area contributed by atoms with Gasteiger partial charge in [0.05, 0.1) is 5.75 Å². The molecule has 152 valence electrons. The summed E-state index contributed by atoms with van der Waals surface area (Å²) in [6.45, 7) is 4.35. The molecule has 0 spiro atoms. The third-order valence-corrected chi connectivity index (χ3v) is 6.60. The number of hydrogen-bond acceptors (Lipinski definition) is 6. The minimum Gasteiger partial charge on any atom is -0.330 e. The smallest absolute Gasteiger partial charge is 0.234 e. The first kappa shape index (κ1) is 20.4. The monoisotopic (exact) mass is 434 g/mol. The zero-order valence-electron chi connectivity index (χ0n) is 16.8. The lowest BCUT2D eigenvalue weighted by Gasteiger charge is -2.08. The maximum absolute atomic E-state index is 12.4. The van der Waals surface area contributed by atoms with Gasteiger partial charge in [-0.3, -0.25) is 4.79 Å². The standard InChI is InChI=1S/C23H22N4OS2/c1-15(2)16-10-12-18(13-11-16)24-22-26-27-23(30-22)29-14-21(28)25-20-9-5-7-17-6-3-4-8-19(17)20/h3-13,15H,14H2,1-2H3,(H,24,26)(H,25,28). The Bertz CT molecular complexity index is 1150. The third kappa shape index (κ3) is 4.98. The second kappa shape index (κ2) is 9.28. The van der Waals surface area contributed by atoms with Crippen LogP contribution in [0, 0.1) is 0 Å². The summed E-state index contributed by atoms with van der Waals surface area (Å²) in [5, 5.41) is 17.5. The molecule has 0 unspecified atom stereocenters. The molecule has 4 rings (SSSR count). The van der Waals surface area contributed by atoms with E-state index in [4.69, 9.17) is 0 Å². The van der Waals surface area contributed by atoms with Crippen LogP contribution in [0.5, 0.6) is 0 Å². The molecular weight excluding hydrogens is 412 g/mol. The van der Waals surface area contributed by atoms with Crippen molar-refractivity contribution < 1.29 is 4.79 Å². The average molecular weight is 435 g/mol. The Morgan fingerprint density at radius 1 is 1.00 bits per heavy atom. The van der Waals surface area contributed by atoms with Gasteiger partial charge in [-0.15, -0.1) is 10.2 Å². The van der Waals surface area contributed by atoms with Gasteiger partial charge in [0, 0.05) is 16.8 Å². The lowest BCUT2D eigenvalue weighted by atomic mass is 10.0. The average Bonchev–Trinajstić information content (AvgIpc) is 3.20. The van der Waals surface area contributed by atoms with E-state index in [-0.39, 0.29) is 11.7 Å².